The molecular formula is C13H23N5O. The summed E-state index contributed by atoms with van der Waals surface area (Å²) in [6.45, 7) is 3.59. The van der Waals surface area contributed by atoms with Crippen molar-refractivity contribution in [2.45, 2.75) is 18.9 Å². The fourth-order valence-electron chi connectivity index (χ4n) is 2.30. The predicted molar refractivity (Wildman–Crippen MR) is 76.7 cm³/mol. The molecule has 1 aliphatic heterocycles. The van der Waals surface area contributed by atoms with Gasteiger partial charge >= 0.3 is 0 Å². The van der Waals surface area contributed by atoms with Crippen LogP contribution in [0.4, 0.5) is 11.6 Å². The number of anilines is 2. The third-order valence-corrected chi connectivity index (χ3v) is 3.48. The Morgan fingerprint density at radius 1 is 1.42 bits per heavy atom. The van der Waals surface area contributed by atoms with Crippen molar-refractivity contribution in [2.24, 2.45) is 0 Å². The van der Waals surface area contributed by atoms with Gasteiger partial charge in [0.15, 0.2) is 0 Å². The van der Waals surface area contributed by atoms with Crippen LogP contribution in [0.25, 0.3) is 0 Å². The maximum Gasteiger partial charge on any atom is 0.134 e. The number of nitrogens with zero attached hydrogens (tertiary/aromatic N) is 3. The fourth-order valence-corrected chi connectivity index (χ4v) is 2.30. The smallest absolute Gasteiger partial charge is 0.134 e. The molecule has 0 aromatic carbocycles. The van der Waals surface area contributed by atoms with Crippen LogP contribution in [0.3, 0.4) is 0 Å². The fraction of sp³-hybridized carbons (Fsp3) is 0.692. The highest BCUT2D eigenvalue weighted by Crippen LogP contribution is 2.19. The molecule has 0 atom stereocenters. The molecule has 1 fully saturated rings. The molecule has 0 bridgehead atoms. The van der Waals surface area contributed by atoms with E-state index in [9.17, 15) is 0 Å². The summed E-state index contributed by atoms with van der Waals surface area (Å²) in [7, 11) is 3.80. The van der Waals surface area contributed by atoms with Gasteiger partial charge in [0.1, 0.15) is 18.0 Å². The Hall–Kier alpha value is -1.40. The summed E-state index contributed by atoms with van der Waals surface area (Å²) in [6, 6.07) is 2.56. The summed E-state index contributed by atoms with van der Waals surface area (Å²) in [5.41, 5.74) is 0. The van der Waals surface area contributed by atoms with Crippen LogP contribution in [0.15, 0.2) is 12.4 Å². The average molecular weight is 265 g/mol. The van der Waals surface area contributed by atoms with Crippen molar-refractivity contribution in [2.75, 3.05) is 50.6 Å². The molecule has 6 heteroatoms. The van der Waals surface area contributed by atoms with Crippen molar-refractivity contribution in [3.05, 3.63) is 12.4 Å². The largest absolute Gasteiger partial charge is 0.383 e. The summed E-state index contributed by atoms with van der Waals surface area (Å²) in [6.07, 6.45) is 3.93. The first-order valence-electron chi connectivity index (χ1n) is 6.79. The summed E-state index contributed by atoms with van der Waals surface area (Å²) in [5.74, 6) is 1.82. The topological polar surface area (TPSA) is 62.3 Å². The number of hydrogen-bond acceptors (Lipinski definition) is 6. The number of hydrogen-bond donors (Lipinski definition) is 2. The van der Waals surface area contributed by atoms with Crippen molar-refractivity contribution in [1.82, 2.24) is 15.3 Å². The maximum atomic E-state index is 5.01. The Morgan fingerprint density at radius 2 is 2.21 bits per heavy atom. The summed E-state index contributed by atoms with van der Waals surface area (Å²) < 4.78 is 5.01. The number of methoxy groups -OCH3 is 1. The van der Waals surface area contributed by atoms with E-state index in [1.54, 1.807) is 13.4 Å². The van der Waals surface area contributed by atoms with E-state index >= 15 is 0 Å². The van der Waals surface area contributed by atoms with Gasteiger partial charge in [-0.2, -0.15) is 0 Å². The highest BCUT2D eigenvalue weighted by molar-refractivity contribution is 5.48. The highest BCUT2D eigenvalue weighted by Gasteiger charge is 2.19. The summed E-state index contributed by atoms with van der Waals surface area (Å²) in [4.78, 5) is 10.8. The molecule has 2 N–H and O–H groups in total. The van der Waals surface area contributed by atoms with Crippen molar-refractivity contribution in [3.63, 3.8) is 0 Å². The molecule has 0 radical (unpaired) electrons. The zero-order valence-corrected chi connectivity index (χ0v) is 11.7. The third kappa shape index (κ3) is 4.04. The molecule has 0 spiro atoms. The predicted octanol–water partition coefficient (Wildman–Crippen LogP) is 0.723. The zero-order valence-electron chi connectivity index (χ0n) is 11.7. The third-order valence-electron chi connectivity index (χ3n) is 3.48. The van der Waals surface area contributed by atoms with Gasteiger partial charge in [0.2, 0.25) is 0 Å². The lowest BCUT2D eigenvalue weighted by molar-refractivity contribution is 0.210. The normalized spacial score (nSPS) is 16.3. The van der Waals surface area contributed by atoms with Crippen LogP contribution in [0, 0.1) is 0 Å². The molecule has 1 aromatic heterocycles. The maximum absolute atomic E-state index is 5.01. The lowest BCUT2D eigenvalue weighted by atomic mass is 10.1. The quantitative estimate of drug-likeness (QED) is 0.739. The highest BCUT2D eigenvalue weighted by atomic mass is 16.5. The number of rotatable bonds is 6. The zero-order chi connectivity index (χ0) is 13.5. The molecule has 2 rings (SSSR count). The minimum Gasteiger partial charge on any atom is -0.383 e. The van der Waals surface area contributed by atoms with Crippen molar-refractivity contribution in [1.29, 1.82) is 0 Å². The molecule has 2 heterocycles. The number of ether oxygens (including phenoxy) is 1. The van der Waals surface area contributed by atoms with Gasteiger partial charge in [0.25, 0.3) is 0 Å². The minimum atomic E-state index is 0.558. The molecule has 1 aliphatic rings. The van der Waals surface area contributed by atoms with E-state index in [-0.39, 0.29) is 0 Å². The molecule has 106 valence electrons. The van der Waals surface area contributed by atoms with Gasteiger partial charge in [0, 0.05) is 32.8 Å². The molecule has 19 heavy (non-hydrogen) atoms. The Labute approximate surface area is 114 Å². The van der Waals surface area contributed by atoms with Crippen LogP contribution in [0.5, 0.6) is 0 Å². The van der Waals surface area contributed by atoms with Gasteiger partial charge in [-0.15, -0.1) is 0 Å². The van der Waals surface area contributed by atoms with E-state index in [0.717, 1.165) is 44.1 Å². The van der Waals surface area contributed by atoms with E-state index in [1.807, 2.05) is 6.07 Å². The number of nitrogens with one attached hydrogen (secondary N) is 2. The molecular weight excluding hydrogens is 242 g/mol. The SMILES string of the molecule is COCCNc1cc(N(C)C2CCNCC2)ncn1. The van der Waals surface area contributed by atoms with Crippen LogP contribution in [0.1, 0.15) is 12.8 Å². The Morgan fingerprint density at radius 3 is 2.95 bits per heavy atom. The van der Waals surface area contributed by atoms with Gasteiger partial charge in [0.05, 0.1) is 6.61 Å². The molecule has 1 saturated heterocycles. The van der Waals surface area contributed by atoms with Gasteiger partial charge in [-0.3, -0.25) is 0 Å². The Kier molecular flexibility index (Phi) is 5.35. The van der Waals surface area contributed by atoms with E-state index in [0.29, 0.717) is 12.6 Å². The molecule has 0 aliphatic carbocycles. The van der Waals surface area contributed by atoms with Crippen LogP contribution < -0.4 is 15.5 Å². The van der Waals surface area contributed by atoms with Gasteiger partial charge in [-0.25, -0.2) is 9.97 Å². The lowest BCUT2D eigenvalue weighted by Crippen LogP contribution is -2.41. The van der Waals surface area contributed by atoms with Gasteiger partial charge in [-0.05, 0) is 25.9 Å². The monoisotopic (exact) mass is 265 g/mol. The molecule has 0 amide bonds. The van der Waals surface area contributed by atoms with Crippen LogP contribution in [-0.2, 0) is 4.74 Å². The van der Waals surface area contributed by atoms with E-state index in [4.69, 9.17) is 4.74 Å². The standard InChI is InChI=1S/C13H23N5O/c1-18(11-3-5-14-6-4-11)13-9-12(16-10-17-13)15-7-8-19-2/h9-11,14H,3-8H2,1-2H3,(H,15,16,17). The van der Waals surface area contributed by atoms with Crippen LogP contribution >= 0.6 is 0 Å². The Bertz CT molecular complexity index is 381. The minimum absolute atomic E-state index is 0.558. The first-order valence-corrected chi connectivity index (χ1v) is 6.79. The second kappa shape index (κ2) is 7.25. The van der Waals surface area contributed by atoms with E-state index in [1.165, 1.54) is 0 Å². The number of aromatic nitrogens is 2. The van der Waals surface area contributed by atoms with E-state index in [2.05, 4.69) is 32.5 Å². The van der Waals surface area contributed by atoms with Gasteiger partial charge < -0.3 is 20.3 Å². The summed E-state index contributed by atoms with van der Waals surface area (Å²) in [5, 5.41) is 6.61. The lowest BCUT2D eigenvalue weighted by Gasteiger charge is -2.32. The second-order valence-corrected chi connectivity index (χ2v) is 4.77. The first kappa shape index (κ1) is 14.0. The molecule has 1 aromatic rings. The first-order chi connectivity index (χ1) is 9.31. The summed E-state index contributed by atoms with van der Waals surface area (Å²) >= 11 is 0. The molecule has 6 nitrogen and oxygen atoms in total. The molecule has 0 saturated carbocycles. The van der Waals surface area contributed by atoms with Crippen LogP contribution in [0.2, 0.25) is 0 Å². The van der Waals surface area contributed by atoms with Crippen LogP contribution in [-0.4, -0.2) is 56.4 Å². The number of piperidine rings is 1. The van der Waals surface area contributed by atoms with E-state index < -0.39 is 0 Å². The van der Waals surface area contributed by atoms with Crippen molar-refractivity contribution in [3.8, 4) is 0 Å². The van der Waals surface area contributed by atoms with Crippen molar-refractivity contribution >= 4 is 11.6 Å². The molecule has 0 unspecified atom stereocenters. The average Bonchev–Trinajstić information content (AvgIpc) is 2.48. The second-order valence-electron chi connectivity index (χ2n) is 4.77. The van der Waals surface area contributed by atoms with Gasteiger partial charge in [-0.1, -0.05) is 0 Å². The van der Waals surface area contributed by atoms with Crippen molar-refractivity contribution < 1.29 is 4.74 Å². The Balaban J connectivity index is 1.96.